The number of piperidine rings is 1. The quantitative estimate of drug-likeness (QED) is 0.863. The number of aliphatic hydroxyl groups excluding tert-OH is 1. The number of esters is 1. The van der Waals surface area contributed by atoms with Gasteiger partial charge in [-0.1, -0.05) is 18.2 Å². The first-order valence-corrected chi connectivity index (χ1v) is 8.73. The van der Waals surface area contributed by atoms with Gasteiger partial charge in [0.15, 0.2) is 0 Å². The largest absolute Gasteiger partial charge is 0.459 e. The van der Waals surface area contributed by atoms with Crippen LogP contribution < -0.4 is 0 Å². The number of benzene rings is 1. The van der Waals surface area contributed by atoms with E-state index in [0.717, 1.165) is 25.9 Å². The second kappa shape index (κ2) is 7.33. The van der Waals surface area contributed by atoms with E-state index in [1.165, 1.54) is 0 Å². The normalized spacial score (nSPS) is 28.9. The zero-order valence-electron chi connectivity index (χ0n) is 13.9. The Morgan fingerprint density at radius 2 is 1.79 bits per heavy atom. The Labute approximate surface area is 142 Å². The molecule has 1 saturated carbocycles. The lowest BCUT2D eigenvalue weighted by molar-refractivity contribution is -0.0157. The molecule has 0 bridgehead atoms. The number of aliphatic hydroxyl groups is 1. The third-order valence-electron chi connectivity index (χ3n) is 5.32. The van der Waals surface area contributed by atoms with Crippen molar-refractivity contribution in [3.8, 4) is 6.07 Å². The Bertz CT molecular complexity index is 595. The van der Waals surface area contributed by atoms with Gasteiger partial charge in [0.05, 0.1) is 17.7 Å². The van der Waals surface area contributed by atoms with Gasteiger partial charge in [-0.15, -0.1) is 0 Å². The number of rotatable bonds is 3. The maximum absolute atomic E-state index is 12.2. The fraction of sp³-hybridized carbons (Fsp3) is 0.579. The van der Waals surface area contributed by atoms with Crippen molar-refractivity contribution < 1.29 is 14.6 Å². The van der Waals surface area contributed by atoms with Gasteiger partial charge in [0.1, 0.15) is 11.6 Å². The molecule has 2 aliphatic rings. The van der Waals surface area contributed by atoms with Gasteiger partial charge in [0, 0.05) is 13.1 Å². The molecule has 5 nitrogen and oxygen atoms in total. The maximum atomic E-state index is 12.2. The molecule has 0 amide bonds. The second-order valence-electron chi connectivity index (χ2n) is 6.83. The summed E-state index contributed by atoms with van der Waals surface area (Å²) in [5.74, 6) is -0.286. The van der Waals surface area contributed by atoms with E-state index >= 15 is 0 Å². The zero-order chi connectivity index (χ0) is 17.0. The molecule has 3 rings (SSSR count). The lowest BCUT2D eigenvalue weighted by Gasteiger charge is -2.45. The van der Waals surface area contributed by atoms with Crippen LogP contribution in [0.15, 0.2) is 30.3 Å². The van der Waals surface area contributed by atoms with Crippen LogP contribution in [0.4, 0.5) is 0 Å². The highest BCUT2D eigenvalue weighted by Crippen LogP contribution is 2.36. The molecule has 1 N–H and O–H groups in total. The maximum Gasteiger partial charge on any atom is 0.338 e. The van der Waals surface area contributed by atoms with Crippen LogP contribution in [0, 0.1) is 11.3 Å². The summed E-state index contributed by atoms with van der Waals surface area (Å²) in [5.41, 5.74) is 0.107. The van der Waals surface area contributed by atoms with Crippen molar-refractivity contribution in [2.24, 2.45) is 0 Å². The fourth-order valence-corrected chi connectivity index (χ4v) is 3.77. The summed E-state index contributed by atoms with van der Waals surface area (Å²) in [5, 5.41) is 19.4. The molecule has 1 aliphatic carbocycles. The SMILES string of the molecule is N#CC1(N2CCC(O)CC2)CCC(OC(=O)c2ccccc2)CC1. The van der Waals surface area contributed by atoms with Gasteiger partial charge in [-0.3, -0.25) is 4.90 Å². The molecule has 0 spiro atoms. The van der Waals surface area contributed by atoms with Crippen LogP contribution in [-0.2, 0) is 4.74 Å². The highest BCUT2D eigenvalue weighted by Gasteiger charge is 2.42. The number of hydrogen-bond donors (Lipinski definition) is 1. The van der Waals surface area contributed by atoms with Crippen molar-refractivity contribution >= 4 is 5.97 Å². The monoisotopic (exact) mass is 328 g/mol. The Morgan fingerprint density at radius 3 is 2.38 bits per heavy atom. The van der Waals surface area contributed by atoms with E-state index in [0.29, 0.717) is 31.2 Å². The Morgan fingerprint density at radius 1 is 1.17 bits per heavy atom. The van der Waals surface area contributed by atoms with Crippen molar-refractivity contribution in [3.63, 3.8) is 0 Å². The molecule has 0 aromatic heterocycles. The summed E-state index contributed by atoms with van der Waals surface area (Å²) in [6, 6.07) is 11.5. The predicted octanol–water partition coefficient (Wildman–Crippen LogP) is 2.51. The summed E-state index contributed by atoms with van der Waals surface area (Å²) in [6.45, 7) is 1.53. The highest BCUT2D eigenvalue weighted by atomic mass is 16.5. The van der Waals surface area contributed by atoms with Crippen LogP contribution in [0.2, 0.25) is 0 Å². The van der Waals surface area contributed by atoms with E-state index < -0.39 is 5.54 Å². The Balaban J connectivity index is 1.56. The first-order valence-electron chi connectivity index (χ1n) is 8.73. The molecule has 0 unspecified atom stereocenters. The van der Waals surface area contributed by atoms with Crippen LogP contribution >= 0.6 is 0 Å². The number of nitrogens with zero attached hydrogens (tertiary/aromatic N) is 2. The second-order valence-corrected chi connectivity index (χ2v) is 6.83. The van der Waals surface area contributed by atoms with E-state index in [9.17, 15) is 15.2 Å². The van der Waals surface area contributed by atoms with Gasteiger partial charge in [-0.05, 0) is 50.7 Å². The van der Waals surface area contributed by atoms with Gasteiger partial charge < -0.3 is 9.84 Å². The van der Waals surface area contributed by atoms with Crippen LogP contribution in [0.25, 0.3) is 0 Å². The summed E-state index contributed by atoms with van der Waals surface area (Å²) in [6.07, 6.45) is 3.97. The fourth-order valence-electron chi connectivity index (χ4n) is 3.77. The minimum atomic E-state index is -0.463. The topological polar surface area (TPSA) is 73.6 Å². The van der Waals surface area contributed by atoms with E-state index in [1.54, 1.807) is 12.1 Å². The molecule has 2 fully saturated rings. The highest BCUT2D eigenvalue weighted by molar-refractivity contribution is 5.89. The minimum Gasteiger partial charge on any atom is -0.459 e. The zero-order valence-corrected chi connectivity index (χ0v) is 13.9. The average Bonchev–Trinajstić information content (AvgIpc) is 2.64. The number of ether oxygens (including phenoxy) is 1. The summed E-state index contributed by atoms with van der Waals surface area (Å²) in [7, 11) is 0. The van der Waals surface area contributed by atoms with Crippen molar-refractivity contribution in [1.82, 2.24) is 4.90 Å². The molecule has 24 heavy (non-hydrogen) atoms. The standard InChI is InChI=1S/C19H24N2O3/c20-14-19(21-12-8-16(22)9-13-21)10-6-17(7-11-19)24-18(23)15-4-2-1-3-5-15/h1-5,16-17,22H,6-13H2. The first kappa shape index (κ1) is 16.9. The van der Waals surface area contributed by atoms with Gasteiger partial charge in [-0.25, -0.2) is 4.79 Å². The van der Waals surface area contributed by atoms with Crippen molar-refractivity contribution in [3.05, 3.63) is 35.9 Å². The molecule has 1 saturated heterocycles. The average molecular weight is 328 g/mol. The molecule has 0 radical (unpaired) electrons. The van der Waals surface area contributed by atoms with Gasteiger partial charge in [0.25, 0.3) is 0 Å². The van der Waals surface area contributed by atoms with Crippen molar-refractivity contribution in [1.29, 1.82) is 5.26 Å². The van der Waals surface area contributed by atoms with Gasteiger partial charge in [-0.2, -0.15) is 5.26 Å². The van der Waals surface area contributed by atoms with Crippen LogP contribution in [0.1, 0.15) is 48.9 Å². The van der Waals surface area contributed by atoms with Gasteiger partial charge in [0.2, 0.25) is 0 Å². The third kappa shape index (κ3) is 3.61. The van der Waals surface area contributed by atoms with Crippen molar-refractivity contribution in [2.75, 3.05) is 13.1 Å². The molecule has 1 aliphatic heterocycles. The number of nitriles is 1. The van der Waals surface area contributed by atoms with Crippen LogP contribution in [0.5, 0.6) is 0 Å². The summed E-state index contributed by atoms with van der Waals surface area (Å²) < 4.78 is 5.61. The van der Waals surface area contributed by atoms with E-state index in [-0.39, 0.29) is 18.2 Å². The molecule has 1 heterocycles. The third-order valence-corrected chi connectivity index (χ3v) is 5.32. The Kier molecular flexibility index (Phi) is 5.17. The molecule has 5 heteroatoms. The minimum absolute atomic E-state index is 0.116. The predicted molar refractivity (Wildman–Crippen MR) is 89.3 cm³/mol. The summed E-state index contributed by atoms with van der Waals surface area (Å²) in [4.78, 5) is 14.4. The molecule has 1 aromatic rings. The number of carbonyl (C=O) groups is 1. The number of likely N-dealkylation sites (tertiary alicyclic amines) is 1. The summed E-state index contributed by atoms with van der Waals surface area (Å²) >= 11 is 0. The van der Waals surface area contributed by atoms with E-state index in [1.807, 2.05) is 18.2 Å². The van der Waals surface area contributed by atoms with Crippen molar-refractivity contribution in [2.45, 2.75) is 56.3 Å². The first-order chi connectivity index (χ1) is 11.6. The molecular weight excluding hydrogens is 304 g/mol. The molecular formula is C19H24N2O3. The van der Waals surface area contributed by atoms with E-state index in [2.05, 4.69) is 11.0 Å². The molecule has 128 valence electrons. The smallest absolute Gasteiger partial charge is 0.338 e. The molecule has 0 atom stereocenters. The van der Waals surface area contributed by atoms with Crippen LogP contribution in [0.3, 0.4) is 0 Å². The lowest BCUT2D eigenvalue weighted by atomic mass is 9.79. The number of hydrogen-bond acceptors (Lipinski definition) is 5. The van der Waals surface area contributed by atoms with Gasteiger partial charge >= 0.3 is 5.97 Å². The van der Waals surface area contributed by atoms with Crippen LogP contribution in [-0.4, -0.2) is 46.8 Å². The molecule has 1 aromatic carbocycles. The lowest BCUT2D eigenvalue weighted by Crippen LogP contribution is -2.54. The van der Waals surface area contributed by atoms with E-state index in [4.69, 9.17) is 4.74 Å². The Hall–Kier alpha value is -1.90. The number of carbonyl (C=O) groups excluding carboxylic acids is 1.